The molecular formula is C14H21N3OS. The van der Waals surface area contributed by atoms with Crippen molar-refractivity contribution < 1.29 is 4.74 Å². The molecule has 0 atom stereocenters. The Morgan fingerprint density at radius 3 is 2.79 bits per heavy atom. The summed E-state index contributed by atoms with van der Waals surface area (Å²) in [5.74, 6) is 0.654. The second-order valence-electron chi connectivity index (χ2n) is 5.07. The third kappa shape index (κ3) is 3.64. The third-order valence-corrected chi connectivity index (χ3v) is 3.70. The zero-order chi connectivity index (χ0) is 13.8. The average Bonchev–Trinajstić information content (AvgIpc) is 2.36. The molecule has 1 saturated heterocycles. The zero-order valence-electron chi connectivity index (χ0n) is 11.5. The molecule has 0 amide bonds. The first-order valence-corrected chi connectivity index (χ1v) is 7.08. The highest BCUT2D eigenvalue weighted by Gasteiger charge is 2.16. The van der Waals surface area contributed by atoms with Crippen molar-refractivity contribution in [2.75, 3.05) is 25.1 Å². The summed E-state index contributed by atoms with van der Waals surface area (Å²) in [4.78, 5) is 4.83. The van der Waals surface area contributed by atoms with Gasteiger partial charge in [-0.15, -0.1) is 0 Å². The summed E-state index contributed by atoms with van der Waals surface area (Å²) < 4.78 is 5.37. The Kier molecular flexibility index (Phi) is 4.71. The van der Waals surface area contributed by atoms with Gasteiger partial charge in [0, 0.05) is 36.8 Å². The number of rotatable bonds is 4. The van der Waals surface area contributed by atoms with E-state index in [1.807, 2.05) is 19.9 Å². The summed E-state index contributed by atoms with van der Waals surface area (Å²) in [7, 11) is 0. The number of nitrogens with zero attached hydrogens (tertiary/aromatic N) is 1. The van der Waals surface area contributed by atoms with Gasteiger partial charge in [-0.1, -0.05) is 12.2 Å². The van der Waals surface area contributed by atoms with E-state index in [4.69, 9.17) is 22.7 Å². The van der Waals surface area contributed by atoms with Gasteiger partial charge >= 0.3 is 0 Å². The van der Waals surface area contributed by atoms with Gasteiger partial charge in [0.25, 0.3) is 0 Å². The number of hydrogen-bond donors (Lipinski definition) is 2. The van der Waals surface area contributed by atoms with E-state index in [1.54, 1.807) is 0 Å². The Labute approximate surface area is 119 Å². The highest BCUT2D eigenvalue weighted by Crippen LogP contribution is 2.22. The molecule has 3 N–H and O–H groups in total. The molecule has 2 rings (SSSR count). The Morgan fingerprint density at radius 1 is 1.47 bits per heavy atom. The number of aromatic nitrogens is 1. The van der Waals surface area contributed by atoms with Crippen molar-refractivity contribution in [3.8, 4) is 0 Å². The average molecular weight is 279 g/mol. The molecule has 0 bridgehead atoms. The molecule has 104 valence electrons. The lowest BCUT2D eigenvalue weighted by atomic mass is 10.00. The normalized spacial score (nSPS) is 16.3. The summed E-state index contributed by atoms with van der Waals surface area (Å²) in [6.07, 6.45) is 2.22. The second-order valence-corrected chi connectivity index (χ2v) is 5.51. The summed E-state index contributed by atoms with van der Waals surface area (Å²) in [5.41, 5.74) is 9.55. The molecule has 1 aliphatic rings. The molecule has 1 aromatic rings. The van der Waals surface area contributed by atoms with Crippen LogP contribution in [-0.2, 0) is 4.74 Å². The molecule has 1 aliphatic heterocycles. The van der Waals surface area contributed by atoms with Gasteiger partial charge in [0.2, 0.25) is 0 Å². The van der Waals surface area contributed by atoms with Crippen LogP contribution in [0.25, 0.3) is 0 Å². The fourth-order valence-electron chi connectivity index (χ4n) is 2.48. The molecule has 19 heavy (non-hydrogen) atoms. The molecule has 4 nitrogen and oxygen atoms in total. The van der Waals surface area contributed by atoms with Gasteiger partial charge in [0.15, 0.2) is 0 Å². The summed E-state index contributed by atoms with van der Waals surface area (Å²) in [6.45, 7) is 6.59. The van der Waals surface area contributed by atoms with Gasteiger partial charge in [-0.2, -0.15) is 0 Å². The number of nitrogens with one attached hydrogen (secondary N) is 1. The maximum atomic E-state index is 5.81. The van der Waals surface area contributed by atoms with Crippen molar-refractivity contribution in [3.05, 3.63) is 23.0 Å². The van der Waals surface area contributed by atoms with E-state index in [1.165, 1.54) is 0 Å². The van der Waals surface area contributed by atoms with Crippen LogP contribution in [0.5, 0.6) is 0 Å². The fourth-order valence-corrected chi connectivity index (χ4v) is 2.74. The van der Waals surface area contributed by atoms with Gasteiger partial charge in [0.05, 0.1) is 5.56 Å². The van der Waals surface area contributed by atoms with Crippen LogP contribution in [0.1, 0.15) is 29.8 Å². The van der Waals surface area contributed by atoms with Crippen LogP contribution in [0, 0.1) is 19.8 Å². The van der Waals surface area contributed by atoms with Crippen molar-refractivity contribution in [2.24, 2.45) is 11.7 Å². The highest BCUT2D eigenvalue weighted by atomic mass is 32.1. The quantitative estimate of drug-likeness (QED) is 0.827. The number of hydrogen-bond acceptors (Lipinski definition) is 4. The molecule has 0 saturated carbocycles. The van der Waals surface area contributed by atoms with Gasteiger partial charge < -0.3 is 15.8 Å². The highest BCUT2D eigenvalue weighted by molar-refractivity contribution is 7.80. The minimum absolute atomic E-state index is 0.402. The SMILES string of the molecule is Cc1cc(NCC2CCOCC2)c(C(N)=S)c(C)n1. The van der Waals surface area contributed by atoms with Crippen LogP contribution in [0.15, 0.2) is 6.07 Å². The first-order valence-electron chi connectivity index (χ1n) is 6.67. The molecule has 5 heteroatoms. The van der Waals surface area contributed by atoms with E-state index < -0.39 is 0 Å². The van der Waals surface area contributed by atoms with Crippen LogP contribution in [0.3, 0.4) is 0 Å². The predicted octanol–water partition coefficient (Wildman–Crippen LogP) is 2.17. The smallest absolute Gasteiger partial charge is 0.107 e. The molecule has 0 radical (unpaired) electrons. The van der Waals surface area contributed by atoms with E-state index in [-0.39, 0.29) is 0 Å². The van der Waals surface area contributed by atoms with Gasteiger partial charge in [-0.25, -0.2) is 0 Å². The van der Waals surface area contributed by atoms with Crippen LogP contribution < -0.4 is 11.1 Å². The monoisotopic (exact) mass is 279 g/mol. The fraction of sp³-hybridized carbons (Fsp3) is 0.571. The van der Waals surface area contributed by atoms with Crippen LogP contribution in [-0.4, -0.2) is 29.7 Å². The Morgan fingerprint density at radius 2 is 2.16 bits per heavy atom. The first kappa shape index (κ1) is 14.2. The summed E-state index contributed by atoms with van der Waals surface area (Å²) in [6, 6.07) is 2.01. The van der Waals surface area contributed by atoms with Crippen LogP contribution in [0.2, 0.25) is 0 Å². The van der Waals surface area contributed by atoms with Gasteiger partial charge in [-0.05, 0) is 38.7 Å². The number of thiocarbonyl (C=S) groups is 1. The minimum Gasteiger partial charge on any atom is -0.389 e. The van der Waals surface area contributed by atoms with Crippen molar-refractivity contribution >= 4 is 22.9 Å². The third-order valence-electron chi connectivity index (χ3n) is 3.50. The topological polar surface area (TPSA) is 60.2 Å². The molecular weight excluding hydrogens is 258 g/mol. The lowest BCUT2D eigenvalue weighted by Gasteiger charge is -2.23. The maximum Gasteiger partial charge on any atom is 0.107 e. The predicted molar refractivity (Wildman–Crippen MR) is 81.6 cm³/mol. The Hall–Kier alpha value is -1.20. The second kappa shape index (κ2) is 6.30. The van der Waals surface area contributed by atoms with Crippen molar-refractivity contribution in [2.45, 2.75) is 26.7 Å². The summed E-state index contributed by atoms with van der Waals surface area (Å²) in [5, 5.41) is 3.48. The first-order chi connectivity index (χ1) is 9.08. The lowest BCUT2D eigenvalue weighted by molar-refractivity contribution is 0.0699. The van der Waals surface area contributed by atoms with E-state index in [2.05, 4.69) is 10.3 Å². The zero-order valence-corrected chi connectivity index (χ0v) is 12.3. The number of anilines is 1. The molecule has 1 aromatic heterocycles. The lowest BCUT2D eigenvalue weighted by Crippen LogP contribution is -2.24. The number of ether oxygens (including phenoxy) is 1. The molecule has 2 heterocycles. The van der Waals surface area contributed by atoms with E-state index in [0.717, 1.165) is 55.2 Å². The van der Waals surface area contributed by atoms with Crippen LogP contribution in [0.4, 0.5) is 5.69 Å². The number of nitrogens with two attached hydrogens (primary N) is 1. The molecule has 0 aromatic carbocycles. The van der Waals surface area contributed by atoms with E-state index >= 15 is 0 Å². The largest absolute Gasteiger partial charge is 0.389 e. The van der Waals surface area contributed by atoms with Crippen LogP contribution >= 0.6 is 12.2 Å². The molecule has 0 spiro atoms. The van der Waals surface area contributed by atoms with Crippen molar-refractivity contribution in [1.29, 1.82) is 0 Å². The maximum absolute atomic E-state index is 5.81. The summed E-state index contributed by atoms with van der Waals surface area (Å²) >= 11 is 5.13. The van der Waals surface area contributed by atoms with E-state index in [9.17, 15) is 0 Å². The Balaban J connectivity index is 2.12. The van der Waals surface area contributed by atoms with Crippen molar-refractivity contribution in [1.82, 2.24) is 4.98 Å². The Bertz CT molecular complexity index is 470. The van der Waals surface area contributed by atoms with Gasteiger partial charge in [-0.3, -0.25) is 4.98 Å². The standard InChI is InChI=1S/C14H21N3OS/c1-9-7-12(13(14(15)19)10(2)17-9)16-8-11-3-5-18-6-4-11/h7,11H,3-6,8H2,1-2H3,(H2,15,19)(H,16,17). The van der Waals surface area contributed by atoms with E-state index in [0.29, 0.717) is 10.9 Å². The van der Waals surface area contributed by atoms with Gasteiger partial charge in [0.1, 0.15) is 4.99 Å². The molecule has 0 aliphatic carbocycles. The number of pyridine rings is 1. The number of aryl methyl sites for hydroxylation is 2. The molecule has 1 fully saturated rings. The molecule has 0 unspecified atom stereocenters. The minimum atomic E-state index is 0.402. The van der Waals surface area contributed by atoms with Crippen molar-refractivity contribution in [3.63, 3.8) is 0 Å².